The lowest BCUT2D eigenvalue weighted by atomic mass is 10.0. The molecule has 0 aliphatic heterocycles. The Hall–Kier alpha value is -1.79. The SMILES string of the molecule is CCC(CC)CC.O=C(O)OC(=O)OC(=O)O. The zero-order valence-electron chi connectivity index (χ0n) is 10.1. The van der Waals surface area contributed by atoms with E-state index in [1.165, 1.54) is 19.3 Å². The Morgan fingerprint density at radius 2 is 1.18 bits per heavy atom. The number of carboxylic acid groups (broad SMARTS) is 2. The van der Waals surface area contributed by atoms with Crippen molar-refractivity contribution in [2.75, 3.05) is 0 Å². The number of carbonyl (C=O) groups excluding carboxylic acids is 1. The van der Waals surface area contributed by atoms with Crippen LogP contribution in [0.4, 0.5) is 14.4 Å². The Balaban J connectivity index is 0. The summed E-state index contributed by atoms with van der Waals surface area (Å²) < 4.78 is 6.47. The van der Waals surface area contributed by atoms with Gasteiger partial charge in [0.25, 0.3) is 0 Å². The topological polar surface area (TPSA) is 110 Å². The fourth-order valence-corrected chi connectivity index (χ4v) is 1.03. The standard InChI is InChI=1S/C7H16.C3H2O7/c1-4-7(5-2)6-3;4-1(5)9-3(8)10-2(6)7/h7H,4-6H2,1-3H3;(H,4,5)(H,6,7). The minimum atomic E-state index is -1.92. The van der Waals surface area contributed by atoms with Crippen LogP contribution in [0.3, 0.4) is 0 Å². The van der Waals surface area contributed by atoms with Crippen molar-refractivity contribution < 1.29 is 34.1 Å². The van der Waals surface area contributed by atoms with Crippen LogP contribution in [0.1, 0.15) is 40.0 Å². The van der Waals surface area contributed by atoms with Crippen LogP contribution in [0.15, 0.2) is 0 Å². The average molecular weight is 250 g/mol. The molecule has 0 amide bonds. The molecule has 0 aromatic carbocycles. The van der Waals surface area contributed by atoms with Crippen LogP contribution in [0, 0.1) is 5.92 Å². The Morgan fingerprint density at radius 3 is 1.29 bits per heavy atom. The Morgan fingerprint density at radius 1 is 0.882 bits per heavy atom. The largest absolute Gasteiger partial charge is 0.528 e. The van der Waals surface area contributed by atoms with Gasteiger partial charge in [0.1, 0.15) is 0 Å². The minimum absolute atomic E-state index is 0.986. The van der Waals surface area contributed by atoms with Crippen molar-refractivity contribution in [3.63, 3.8) is 0 Å². The molecule has 0 saturated heterocycles. The Bertz CT molecular complexity index is 222. The van der Waals surface area contributed by atoms with Crippen molar-refractivity contribution in [3.8, 4) is 0 Å². The van der Waals surface area contributed by atoms with Gasteiger partial charge in [-0.2, -0.15) is 0 Å². The first-order valence-electron chi connectivity index (χ1n) is 5.22. The summed E-state index contributed by atoms with van der Waals surface area (Å²) in [6.07, 6.45) is -1.58. The summed E-state index contributed by atoms with van der Waals surface area (Å²) in [5, 5.41) is 15.4. The average Bonchev–Trinajstić information content (AvgIpc) is 2.18. The molecule has 0 spiro atoms. The molecule has 0 aliphatic carbocycles. The molecule has 0 atom stereocenters. The highest BCUT2D eigenvalue weighted by molar-refractivity contribution is 5.82. The molecule has 0 aliphatic rings. The van der Waals surface area contributed by atoms with Crippen molar-refractivity contribution in [1.29, 1.82) is 0 Å². The van der Waals surface area contributed by atoms with Crippen LogP contribution in [0.25, 0.3) is 0 Å². The predicted octanol–water partition coefficient (Wildman–Crippen LogP) is 3.33. The third-order valence-corrected chi connectivity index (χ3v) is 2.07. The van der Waals surface area contributed by atoms with Crippen LogP contribution in [-0.4, -0.2) is 28.7 Å². The quantitative estimate of drug-likeness (QED) is 0.583. The van der Waals surface area contributed by atoms with E-state index in [9.17, 15) is 14.4 Å². The third-order valence-electron chi connectivity index (χ3n) is 2.07. The van der Waals surface area contributed by atoms with Gasteiger partial charge in [-0.15, -0.1) is 0 Å². The maximum absolute atomic E-state index is 9.86. The molecule has 2 N–H and O–H groups in total. The number of ether oxygens (including phenoxy) is 2. The van der Waals surface area contributed by atoms with Gasteiger partial charge in [0.15, 0.2) is 0 Å². The van der Waals surface area contributed by atoms with Gasteiger partial charge in [-0.05, 0) is 5.92 Å². The van der Waals surface area contributed by atoms with Crippen molar-refractivity contribution >= 4 is 18.5 Å². The first kappa shape index (κ1) is 17.6. The maximum Gasteiger partial charge on any atom is 0.528 e. The highest BCUT2D eigenvalue weighted by Gasteiger charge is 2.13. The summed E-state index contributed by atoms with van der Waals surface area (Å²) in [6, 6.07) is 0. The highest BCUT2D eigenvalue weighted by Crippen LogP contribution is 2.10. The van der Waals surface area contributed by atoms with Gasteiger partial charge in [-0.25, -0.2) is 14.4 Å². The Labute approximate surface area is 99.3 Å². The van der Waals surface area contributed by atoms with Crippen LogP contribution < -0.4 is 0 Å². The summed E-state index contributed by atoms with van der Waals surface area (Å²) >= 11 is 0. The molecular formula is C10H18O7. The van der Waals surface area contributed by atoms with Gasteiger partial charge in [0.2, 0.25) is 0 Å². The summed E-state index contributed by atoms with van der Waals surface area (Å²) in [6.45, 7) is 6.78. The smallest absolute Gasteiger partial charge is 0.449 e. The van der Waals surface area contributed by atoms with Crippen molar-refractivity contribution in [3.05, 3.63) is 0 Å². The van der Waals surface area contributed by atoms with Crippen LogP contribution in [-0.2, 0) is 9.47 Å². The van der Waals surface area contributed by atoms with Crippen LogP contribution in [0.5, 0.6) is 0 Å². The number of rotatable bonds is 3. The van der Waals surface area contributed by atoms with E-state index in [4.69, 9.17) is 10.2 Å². The molecule has 0 saturated carbocycles. The highest BCUT2D eigenvalue weighted by atomic mass is 16.8. The molecule has 7 nitrogen and oxygen atoms in total. The molecule has 0 unspecified atom stereocenters. The monoisotopic (exact) mass is 250 g/mol. The van der Waals surface area contributed by atoms with E-state index in [-0.39, 0.29) is 0 Å². The maximum atomic E-state index is 9.86. The van der Waals surface area contributed by atoms with Crippen LogP contribution in [0.2, 0.25) is 0 Å². The first-order chi connectivity index (χ1) is 7.87. The van der Waals surface area contributed by atoms with E-state index in [1.54, 1.807) is 0 Å². The third kappa shape index (κ3) is 14.2. The first-order valence-corrected chi connectivity index (χ1v) is 5.22. The molecule has 0 aromatic rings. The Kier molecular flexibility index (Phi) is 11.1. The lowest BCUT2D eigenvalue weighted by molar-refractivity contribution is 0.0548. The summed E-state index contributed by atoms with van der Waals surface area (Å²) in [7, 11) is 0. The summed E-state index contributed by atoms with van der Waals surface area (Å²) in [5.41, 5.74) is 0. The molecule has 0 aromatic heterocycles. The van der Waals surface area contributed by atoms with E-state index >= 15 is 0 Å². The zero-order chi connectivity index (χ0) is 13.8. The summed E-state index contributed by atoms with van der Waals surface area (Å²) in [4.78, 5) is 28.8. The molecule has 100 valence electrons. The molecule has 0 bridgehead atoms. The van der Waals surface area contributed by atoms with E-state index in [2.05, 4.69) is 30.2 Å². The second-order valence-electron chi connectivity index (χ2n) is 3.08. The predicted molar refractivity (Wildman–Crippen MR) is 58.0 cm³/mol. The lowest BCUT2D eigenvalue weighted by Gasteiger charge is -2.05. The number of carbonyl (C=O) groups is 3. The van der Waals surface area contributed by atoms with Crippen molar-refractivity contribution in [1.82, 2.24) is 0 Å². The van der Waals surface area contributed by atoms with Gasteiger partial charge in [0, 0.05) is 0 Å². The molecule has 0 heterocycles. The second kappa shape index (κ2) is 10.7. The van der Waals surface area contributed by atoms with Gasteiger partial charge in [-0.3, -0.25) is 0 Å². The molecule has 17 heavy (non-hydrogen) atoms. The lowest BCUT2D eigenvalue weighted by Crippen LogP contribution is -2.14. The molecule has 0 rings (SSSR count). The number of hydrogen-bond acceptors (Lipinski definition) is 5. The van der Waals surface area contributed by atoms with Gasteiger partial charge in [0.05, 0.1) is 0 Å². The normalized spacial score (nSPS) is 8.94. The molecule has 0 fully saturated rings. The molecule has 7 heteroatoms. The van der Waals surface area contributed by atoms with Gasteiger partial charge < -0.3 is 19.7 Å². The van der Waals surface area contributed by atoms with E-state index < -0.39 is 18.5 Å². The van der Waals surface area contributed by atoms with Gasteiger partial charge in [-0.1, -0.05) is 40.0 Å². The molecule has 0 radical (unpaired) electrons. The number of hydrogen-bond donors (Lipinski definition) is 2. The van der Waals surface area contributed by atoms with E-state index in [0.29, 0.717) is 0 Å². The second-order valence-corrected chi connectivity index (χ2v) is 3.08. The summed E-state index contributed by atoms with van der Waals surface area (Å²) in [5.74, 6) is 0.986. The van der Waals surface area contributed by atoms with Crippen molar-refractivity contribution in [2.45, 2.75) is 40.0 Å². The zero-order valence-corrected chi connectivity index (χ0v) is 10.1. The van der Waals surface area contributed by atoms with E-state index in [1.807, 2.05) is 0 Å². The minimum Gasteiger partial charge on any atom is -0.449 e. The fraction of sp³-hybridized carbons (Fsp3) is 0.700. The van der Waals surface area contributed by atoms with Crippen LogP contribution >= 0.6 is 0 Å². The fourth-order valence-electron chi connectivity index (χ4n) is 1.03. The molecular weight excluding hydrogens is 232 g/mol. The van der Waals surface area contributed by atoms with Gasteiger partial charge >= 0.3 is 18.5 Å². The van der Waals surface area contributed by atoms with Crippen molar-refractivity contribution in [2.24, 2.45) is 5.92 Å². The van der Waals surface area contributed by atoms with E-state index in [0.717, 1.165) is 5.92 Å².